The topological polar surface area (TPSA) is 98.0 Å². The zero-order chi connectivity index (χ0) is 12.8. The lowest BCUT2D eigenvalue weighted by Gasteiger charge is -2.11. The predicted octanol–water partition coefficient (Wildman–Crippen LogP) is 0.882. The molecule has 0 saturated carbocycles. The van der Waals surface area contributed by atoms with E-state index in [1.54, 1.807) is 24.6 Å². The van der Waals surface area contributed by atoms with Crippen LogP contribution in [0.1, 0.15) is 5.01 Å². The highest BCUT2D eigenvalue weighted by molar-refractivity contribution is 7.09. The number of ether oxygens (including phenoxy) is 1. The number of nitrogens with two attached hydrogens (primary N) is 1. The second-order valence-corrected chi connectivity index (χ2v) is 4.33. The number of hydrazine groups is 1. The van der Waals surface area contributed by atoms with Crippen molar-refractivity contribution < 1.29 is 4.74 Å². The van der Waals surface area contributed by atoms with Gasteiger partial charge in [0.2, 0.25) is 5.75 Å². The minimum atomic E-state index is 0.448. The Hall–Kier alpha value is -1.93. The van der Waals surface area contributed by atoms with Gasteiger partial charge < -0.3 is 15.5 Å². The first-order chi connectivity index (χ1) is 8.85. The second-order valence-electron chi connectivity index (χ2n) is 3.35. The van der Waals surface area contributed by atoms with Crippen LogP contribution in [-0.4, -0.2) is 28.6 Å². The number of hydrogen-bond acceptors (Lipinski definition) is 8. The standard InChI is InChI=1S/C10H14N6OS/c1-17-8-9(14-6-15-10(8)16-11)13-3-2-7-12-4-5-18-7/h4-6H,2-3,11H2,1H3,(H2,13,14,15,16). The van der Waals surface area contributed by atoms with E-state index >= 15 is 0 Å². The van der Waals surface area contributed by atoms with Crippen LogP contribution in [0, 0.1) is 0 Å². The summed E-state index contributed by atoms with van der Waals surface area (Å²) in [5, 5.41) is 6.20. The number of methoxy groups -OCH3 is 1. The van der Waals surface area contributed by atoms with Crippen LogP contribution < -0.4 is 21.3 Å². The van der Waals surface area contributed by atoms with Crippen molar-refractivity contribution in [1.29, 1.82) is 0 Å². The Kier molecular flexibility index (Phi) is 4.26. The zero-order valence-electron chi connectivity index (χ0n) is 9.88. The first kappa shape index (κ1) is 12.5. The van der Waals surface area contributed by atoms with Gasteiger partial charge in [-0.3, -0.25) is 0 Å². The minimum absolute atomic E-state index is 0.448. The molecule has 2 aromatic rings. The average molecular weight is 266 g/mol. The van der Waals surface area contributed by atoms with E-state index in [9.17, 15) is 0 Å². The van der Waals surface area contributed by atoms with E-state index in [-0.39, 0.29) is 0 Å². The van der Waals surface area contributed by atoms with Crippen LogP contribution in [0.15, 0.2) is 17.9 Å². The Labute approximate surface area is 108 Å². The van der Waals surface area contributed by atoms with Crippen molar-refractivity contribution in [2.45, 2.75) is 6.42 Å². The number of nitrogen functional groups attached to an aromatic ring is 1. The van der Waals surface area contributed by atoms with Gasteiger partial charge in [0, 0.05) is 24.5 Å². The highest BCUT2D eigenvalue weighted by Gasteiger charge is 2.10. The molecule has 8 heteroatoms. The molecule has 0 radical (unpaired) electrons. The summed E-state index contributed by atoms with van der Waals surface area (Å²) in [5.41, 5.74) is 2.46. The van der Waals surface area contributed by atoms with Crippen LogP contribution in [0.5, 0.6) is 5.75 Å². The van der Waals surface area contributed by atoms with Gasteiger partial charge in [-0.1, -0.05) is 0 Å². The smallest absolute Gasteiger partial charge is 0.205 e. The molecular weight excluding hydrogens is 252 g/mol. The van der Waals surface area contributed by atoms with Crippen LogP contribution in [0.2, 0.25) is 0 Å². The summed E-state index contributed by atoms with van der Waals surface area (Å²) in [6, 6.07) is 0. The van der Waals surface area contributed by atoms with Crippen LogP contribution in [-0.2, 0) is 6.42 Å². The molecule has 0 aliphatic heterocycles. The Morgan fingerprint density at radius 1 is 1.33 bits per heavy atom. The van der Waals surface area contributed by atoms with Crippen molar-refractivity contribution in [3.63, 3.8) is 0 Å². The van der Waals surface area contributed by atoms with Gasteiger partial charge in [0.05, 0.1) is 12.1 Å². The second kappa shape index (κ2) is 6.12. The maximum atomic E-state index is 5.34. The zero-order valence-corrected chi connectivity index (χ0v) is 10.7. The van der Waals surface area contributed by atoms with Gasteiger partial charge in [-0.05, 0) is 0 Å². The number of aromatic nitrogens is 3. The van der Waals surface area contributed by atoms with Gasteiger partial charge >= 0.3 is 0 Å². The normalized spacial score (nSPS) is 10.1. The average Bonchev–Trinajstić information content (AvgIpc) is 2.91. The Morgan fingerprint density at radius 2 is 2.17 bits per heavy atom. The molecule has 0 aliphatic rings. The fourth-order valence-corrected chi connectivity index (χ4v) is 2.08. The van der Waals surface area contributed by atoms with E-state index in [2.05, 4.69) is 25.7 Å². The van der Waals surface area contributed by atoms with Crippen molar-refractivity contribution in [3.05, 3.63) is 22.9 Å². The molecule has 2 heterocycles. The number of thiazole rings is 1. The van der Waals surface area contributed by atoms with Gasteiger partial charge in [-0.25, -0.2) is 20.8 Å². The summed E-state index contributed by atoms with van der Waals surface area (Å²) in [6.07, 6.45) is 4.04. The SMILES string of the molecule is COc1c(NN)ncnc1NCCc1nccs1. The predicted molar refractivity (Wildman–Crippen MR) is 70.7 cm³/mol. The highest BCUT2D eigenvalue weighted by atomic mass is 32.1. The molecule has 0 spiro atoms. The van der Waals surface area contributed by atoms with Crippen molar-refractivity contribution in [1.82, 2.24) is 15.0 Å². The summed E-state index contributed by atoms with van der Waals surface area (Å²) >= 11 is 1.63. The quantitative estimate of drug-likeness (QED) is 0.527. The lowest BCUT2D eigenvalue weighted by atomic mass is 10.4. The van der Waals surface area contributed by atoms with Gasteiger partial charge in [0.1, 0.15) is 6.33 Å². The fourth-order valence-electron chi connectivity index (χ4n) is 1.46. The van der Waals surface area contributed by atoms with Crippen LogP contribution in [0.25, 0.3) is 0 Å². The number of hydrogen-bond donors (Lipinski definition) is 3. The third-order valence-corrected chi connectivity index (χ3v) is 3.10. The molecule has 0 saturated heterocycles. The van der Waals surface area contributed by atoms with Crippen LogP contribution in [0.4, 0.5) is 11.6 Å². The summed E-state index contributed by atoms with van der Waals surface area (Å²) in [5.74, 6) is 6.90. The third-order valence-electron chi connectivity index (χ3n) is 2.26. The van der Waals surface area contributed by atoms with E-state index in [1.165, 1.54) is 6.33 Å². The highest BCUT2D eigenvalue weighted by Crippen LogP contribution is 2.27. The van der Waals surface area contributed by atoms with Crippen LogP contribution >= 0.6 is 11.3 Å². The van der Waals surface area contributed by atoms with Gasteiger partial charge in [0.15, 0.2) is 11.6 Å². The molecule has 0 aromatic carbocycles. The Balaban J connectivity index is 2.00. The summed E-state index contributed by atoms with van der Waals surface area (Å²) < 4.78 is 5.21. The lowest BCUT2D eigenvalue weighted by Crippen LogP contribution is -2.13. The summed E-state index contributed by atoms with van der Waals surface area (Å²) in [7, 11) is 1.55. The van der Waals surface area contributed by atoms with Gasteiger partial charge in [0.25, 0.3) is 0 Å². The van der Waals surface area contributed by atoms with E-state index in [1.807, 2.05) is 5.38 Å². The molecule has 0 aliphatic carbocycles. The monoisotopic (exact) mass is 266 g/mol. The molecule has 96 valence electrons. The van der Waals surface area contributed by atoms with Gasteiger partial charge in [-0.15, -0.1) is 11.3 Å². The molecule has 0 fully saturated rings. The third kappa shape index (κ3) is 2.84. The molecule has 2 rings (SSSR count). The molecular formula is C10H14N6OS. The van der Waals surface area contributed by atoms with Crippen molar-refractivity contribution >= 4 is 23.0 Å². The van der Waals surface area contributed by atoms with Crippen molar-refractivity contribution in [3.8, 4) is 5.75 Å². The number of anilines is 2. The van der Waals surface area contributed by atoms with Crippen molar-refractivity contribution in [2.24, 2.45) is 5.84 Å². The molecule has 0 bridgehead atoms. The minimum Gasteiger partial charge on any atom is -0.490 e. The largest absolute Gasteiger partial charge is 0.490 e. The molecule has 0 atom stereocenters. The molecule has 2 aromatic heterocycles. The first-order valence-corrected chi connectivity index (χ1v) is 6.21. The van der Waals surface area contributed by atoms with E-state index in [0.717, 1.165) is 11.4 Å². The van der Waals surface area contributed by atoms with Crippen LogP contribution in [0.3, 0.4) is 0 Å². The Bertz CT molecular complexity index is 489. The van der Waals surface area contributed by atoms with Gasteiger partial charge in [-0.2, -0.15) is 0 Å². The molecule has 4 N–H and O–H groups in total. The van der Waals surface area contributed by atoms with Crippen molar-refractivity contribution in [2.75, 3.05) is 24.4 Å². The first-order valence-electron chi connectivity index (χ1n) is 5.33. The Morgan fingerprint density at radius 3 is 2.83 bits per heavy atom. The molecule has 0 amide bonds. The number of nitrogens with zero attached hydrogens (tertiary/aromatic N) is 3. The molecule has 18 heavy (non-hydrogen) atoms. The molecule has 0 unspecified atom stereocenters. The number of rotatable bonds is 6. The lowest BCUT2D eigenvalue weighted by molar-refractivity contribution is 0.414. The maximum Gasteiger partial charge on any atom is 0.205 e. The summed E-state index contributed by atoms with van der Waals surface area (Å²) in [4.78, 5) is 12.3. The number of nitrogens with one attached hydrogen (secondary N) is 2. The molecule has 7 nitrogen and oxygen atoms in total. The van der Waals surface area contributed by atoms with E-state index in [4.69, 9.17) is 10.6 Å². The fraction of sp³-hybridized carbons (Fsp3) is 0.300. The van der Waals surface area contributed by atoms with E-state index < -0.39 is 0 Å². The van der Waals surface area contributed by atoms with E-state index in [0.29, 0.717) is 23.9 Å². The summed E-state index contributed by atoms with van der Waals surface area (Å²) in [6.45, 7) is 0.713. The maximum absolute atomic E-state index is 5.34.